The van der Waals surface area contributed by atoms with Crippen LogP contribution in [0.3, 0.4) is 0 Å². The number of amides is 2. The van der Waals surface area contributed by atoms with Crippen molar-refractivity contribution in [2.45, 2.75) is 32.8 Å². The number of rotatable bonds is 8. The summed E-state index contributed by atoms with van der Waals surface area (Å²) in [6.45, 7) is 8.76. The van der Waals surface area contributed by atoms with Crippen LogP contribution in [0.4, 0.5) is 5.69 Å². The molecule has 1 atom stereocenters. The Bertz CT molecular complexity index is 974. The van der Waals surface area contributed by atoms with Crippen molar-refractivity contribution in [1.29, 1.82) is 0 Å². The number of likely N-dealkylation sites (N-methyl/N-ethyl adjacent to an activating group) is 1. The highest BCUT2D eigenvalue weighted by Crippen LogP contribution is 2.49. The average Bonchev–Trinajstić information content (AvgIpc) is 2.96. The Hall–Kier alpha value is -2.41. The molecular formula is C23H28ClN3O3. The molecule has 0 spiro atoms. The normalized spacial score (nSPS) is 18.2. The fourth-order valence-electron chi connectivity index (χ4n) is 4.15. The van der Waals surface area contributed by atoms with Crippen molar-refractivity contribution in [2.75, 3.05) is 31.1 Å². The molecule has 0 bridgehead atoms. The lowest BCUT2D eigenvalue weighted by molar-refractivity contribution is -0.132. The summed E-state index contributed by atoms with van der Waals surface area (Å²) in [6.07, 6.45) is 0.650. The van der Waals surface area contributed by atoms with E-state index in [0.29, 0.717) is 36.3 Å². The van der Waals surface area contributed by atoms with Crippen LogP contribution in [0.2, 0.25) is 5.02 Å². The highest BCUT2D eigenvalue weighted by atomic mass is 35.5. The van der Waals surface area contributed by atoms with E-state index in [9.17, 15) is 14.7 Å². The number of hydrogen-bond acceptors (Lipinski definition) is 4. The van der Waals surface area contributed by atoms with Crippen LogP contribution in [0.1, 0.15) is 47.8 Å². The van der Waals surface area contributed by atoms with Crippen molar-refractivity contribution in [3.8, 4) is 0 Å². The van der Waals surface area contributed by atoms with Crippen LogP contribution in [0, 0.1) is 0 Å². The maximum absolute atomic E-state index is 13.7. The molecule has 1 aliphatic rings. The minimum absolute atomic E-state index is 0.147. The molecule has 30 heavy (non-hydrogen) atoms. The van der Waals surface area contributed by atoms with Crippen LogP contribution in [-0.4, -0.2) is 48.0 Å². The molecule has 0 saturated carbocycles. The van der Waals surface area contributed by atoms with Gasteiger partial charge < -0.3 is 20.6 Å². The van der Waals surface area contributed by atoms with Crippen LogP contribution in [0.25, 0.3) is 0 Å². The maximum atomic E-state index is 13.7. The third-order valence-corrected chi connectivity index (χ3v) is 6.18. The number of fused-ring (bicyclic) bond motifs is 1. The van der Waals surface area contributed by atoms with Crippen molar-refractivity contribution in [3.63, 3.8) is 0 Å². The van der Waals surface area contributed by atoms with Gasteiger partial charge in [0.2, 0.25) is 5.91 Å². The van der Waals surface area contributed by atoms with Crippen LogP contribution in [-0.2, 0) is 16.8 Å². The Morgan fingerprint density at radius 3 is 2.47 bits per heavy atom. The number of halogens is 1. The second-order valence-corrected chi connectivity index (χ2v) is 7.83. The number of carbonyl (C=O) groups is 2. The lowest BCUT2D eigenvalue weighted by Crippen LogP contribution is -2.44. The summed E-state index contributed by atoms with van der Waals surface area (Å²) >= 11 is 6.54. The van der Waals surface area contributed by atoms with E-state index in [-0.39, 0.29) is 10.6 Å². The highest BCUT2D eigenvalue weighted by molar-refractivity contribution is 6.33. The van der Waals surface area contributed by atoms with Gasteiger partial charge in [0.1, 0.15) is 0 Å². The Labute approximate surface area is 182 Å². The molecule has 1 heterocycles. The highest BCUT2D eigenvalue weighted by Gasteiger charge is 2.53. The molecule has 160 valence electrons. The molecule has 2 aromatic rings. The first kappa shape index (κ1) is 22.3. The zero-order valence-corrected chi connectivity index (χ0v) is 18.4. The lowest BCUT2D eigenvalue weighted by Gasteiger charge is -2.27. The minimum atomic E-state index is -1.92. The van der Waals surface area contributed by atoms with Gasteiger partial charge in [-0.05, 0) is 37.2 Å². The first-order valence-electron chi connectivity index (χ1n) is 10.3. The van der Waals surface area contributed by atoms with Crippen molar-refractivity contribution >= 4 is 29.1 Å². The van der Waals surface area contributed by atoms with Gasteiger partial charge in [0.05, 0.1) is 10.7 Å². The van der Waals surface area contributed by atoms with E-state index in [1.807, 2.05) is 19.1 Å². The fourth-order valence-corrected chi connectivity index (χ4v) is 4.50. The number of nitrogens with zero attached hydrogens (tertiary/aromatic N) is 2. The largest absolute Gasteiger partial charge is 0.372 e. The monoisotopic (exact) mass is 429 g/mol. The first-order chi connectivity index (χ1) is 14.3. The Balaban J connectivity index is 2.20. The molecule has 6 nitrogen and oxygen atoms in total. The van der Waals surface area contributed by atoms with Gasteiger partial charge >= 0.3 is 0 Å². The van der Waals surface area contributed by atoms with Gasteiger partial charge in [-0.1, -0.05) is 56.6 Å². The van der Waals surface area contributed by atoms with Crippen LogP contribution < -0.4 is 10.6 Å². The molecule has 0 aromatic heterocycles. The summed E-state index contributed by atoms with van der Waals surface area (Å²) < 4.78 is 0. The summed E-state index contributed by atoms with van der Waals surface area (Å²) in [5.41, 5.74) is 5.87. The first-order valence-corrected chi connectivity index (χ1v) is 10.7. The molecule has 0 fully saturated rings. The van der Waals surface area contributed by atoms with Gasteiger partial charge in [0.25, 0.3) is 5.91 Å². The molecule has 0 saturated heterocycles. The van der Waals surface area contributed by atoms with Crippen molar-refractivity contribution in [3.05, 3.63) is 63.7 Å². The number of aliphatic hydroxyl groups is 1. The van der Waals surface area contributed by atoms with Crippen LogP contribution in [0.5, 0.6) is 0 Å². The molecule has 0 aliphatic carbocycles. The average molecular weight is 430 g/mol. The summed E-state index contributed by atoms with van der Waals surface area (Å²) in [4.78, 5) is 29.2. The number of carbonyl (C=O) groups excluding carboxylic acids is 2. The molecule has 1 unspecified atom stereocenters. The summed E-state index contributed by atoms with van der Waals surface area (Å²) in [5, 5.41) is 12.0. The second kappa shape index (κ2) is 8.76. The number of nitrogens with two attached hydrogens (primary N) is 1. The van der Waals surface area contributed by atoms with Gasteiger partial charge in [-0.3, -0.25) is 9.59 Å². The molecule has 7 heteroatoms. The van der Waals surface area contributed by atoms with E-state index in [2.05, 4.69) is 18.7 Å². The van der Waals surface area contributed by atoms with Gasteiger partial charge in [-0.15, -0.1) is 0 Å². The Morgan fingerprint density at radius 2 is 1.87 bits per heavy atom. The van der Waals surface area contributed by atoms with E-state index in [1.54, 1.807) is 18.2 Å². The number of primary amides is 1. The van der Waals surface area contributed by atoms with E-state index in [0.717, 1.165) is 18.7 Å². The SMILES string of the molecule is CCc1ccccc1C1(O)C(=O)N(CCN(CC)CC)c2cc(C(N)=O)cc(Cl)c21. The molecule has 2 amide bonds. The van der Waals surface area contributed by atoms with E-state index in [4.69, 9.17) is 17.3 Å². The Kier molecular flexibility index (Phi) is 6.50. The third-order valence-electron chi connectivity index (χ3n) is 5.88. The molecule has 1 aliphatic heterocycles. The Morgan fingerprint density at radius 1 is 1.20 bits per heavy atom. The quantitative estimate of drug-likeness (QED) is 0.675. The molecule has 0 radical (unpaired) electrons. The molecule has 2 aromatic carbocycles. The van der Waals surface area contributed by atoms with Gasteiger partial charge in [0.15, 0.2) is 5.60 Å². The fraction of sp³-hybridized carbons (Fsp3) is 0.391. The molecular weight excluding hydrogens is 402 g/mol. The van der Waals surface area contributed by atoms with E-state index in [1.165, 1.54) is 11.0 Å². The van der Waals surface area contributed by atoms with Crippen LogP contribution in [0.15, 0.2) is 36.4 Å². The number of hydrogen-bond donors (Lipinski definition) is 2. The summed E-state index contributed by atoms with van der Waals surface area (Å²) in [7, 11) is 0. The maximum Gasteiger partial charge on any atom is 0.268 e. The van der Waals surface area contributed by atoms with Gasteiger partial charge in [0, 0.05) is 29.8 Å². The number of aryl methyl sites for hydroxylation is 1. The van der Waals surface area contributed by atoms with Gasteiger partial charge in [-0.25, -0.2) is 0 Å². The van der Waals surface area contributed by atoms with Crippen molar-refractivity contribution in [1.82, 2.24) is 4.90 Å². The molecule has 3 rings (SSSR count). The number of benzene rings is 2. The smallest absolute Gasteiger partial charge is 0.268 e. The lowest BCUT2D eigenvalue weighted by atomic mass is 9.83. The predicted octanol–water partition coefficient (Wildman–Crippen LogP) is 2.93. The van der Waals surface area contributed by atoms with Crippen molar-refractivity contribution < 1.29 is 14.7 Å². The third kappa shape index (κ3) is 3.60. The number of anilines is 1. The standard InChI is InChI=1S/C23H28ClN3O3/c1-4-15-9-7-8-10-17(15)23(30)20-18(24)13-16(21(25)28)14-19(20)27(22(23)29)12-11-26(5-2)6-3/h7-10,13-14,30H,4-6,11-12H2,1-3H3,(H2,25,28). The summed E-state index contributed by atoms with van der Waals surface area (Å²) in [6, 6.07) is 10.3. The zero-order valence-electron chi connectivity index (χ0n) is 17.6. The van der Waals surface area contributed by atoms with Crippen LogP contribution >= 0.6 is 11.6 Å². The van der Waals surface area contributed by atoms with E-state index < -0.39 is 17.4 Å². The van der Waals surface area contributed by atoms with Crippen molar-refractivity contribution in [2.24, 2.45) is 5.73 Å². The predicted molar refractivity (Wildman–Crippen MR) is 119 cm³/mol. The minimum Gasteiger partial charge on any atom is -0.372 e. The molecule has 3 N–H and O–H groups in total. The van der Waals surface area contributed by atoms with Gasteiger partial charge in [-0.2, -0.15) is 0 Å². The zero-order chi connectivity index (χ0) is 22.1. The summed E-state index contributed by atoms with van der Waals surface area (Å²) in [5.74, 6) is -1.10. The second-order valence-electron chi connectivity index (χ2n) is 7.42. The topological polar surface area (TPSA) is 86.9 Å². The van der Waals surface area contributed by atoms with E-state index >= 15 is 0 Å².